The number of phenols is 1. The van der Waals surface area contributed by atoms with Crippen molar-refractivity contribution in [3.8, 4) is 5.75 Å². The van der Waals surface area contributed by atoms with Crippen LogP contribution in [0.5, 0.6) is 5.75 Å². The van der Waals surface area contributed by atoms with Crippen molar-refractivity contribution in [3.05, 3.63) is 24.3 Å². The number of nitrogens with two attached hydrogens (primary N) is 1. The molecule has 0 radical (unpaired) electrons. The second kappa shape index (κ2) is 4.89. The fourth-order valence-corrected chi connectivity index (χ4v) is 2.76. The Morgan fingerprint density at radius 3 is 2.59 bits per heavy atom. The van der Waals surface area contributed by atoms with Crippen LogP contribution in [-0.2, 0) is 10.0 Å². The summed E-state index contributed by atoms with van der Waals surface area (Å²) in [5.74, 6) is -0.00692. The van der Waals surface area contributed by atoms with E-state index in [-0.39, 0.29) is 10.7 Å². The van der Waals surface area contributed by atoms with E-state index in [2.05, 4.69) is 12.2 Å². The summed E-state index contributed by atoms with van der Waals surface area (Å²) >= 11 is 4.68. The summed E-state index contributed by atoms with van der Waals surface area (Å²) in [5, 5.41) is 8.35. The minimum Gasteiger partial charge on any atom is -0.508 e. The maximum absolute atomic E-state index is 12.1. The van der Waals surface area contributed by atoms with Gasteiger partial charge in [0.05, 0.1) is 10.7 Å². The number of sulfonamides is 1. The van der Waals surface area contributed by atoms with Gasteiger partial charge >= 0.3 is 0 Å². The first-order chi connectivity index (χ1) is 7.76. The summed E-state index contributed by atoms with van der Waals surface area (Å²) in [6.45, 7) is 1.43. The Kier molecular flexibility index (Phi) is 3.94. The standard InChI is InChI=1S/C10H14N2O3S2/c1-7(10(11)16)17(14,15)12(2)8-4-3-5-9(13)6-8/h3-7,13H,1-2H3,(H2,11,16). The Morgan fingerprint density at radius 1 is 1.53 bits per heavy atom. The van der Waals surface area contributed by atoms with Gasteiger partial charge in [-0.05, 0) is 19.1 Å². The predicted molar refractivity (Wildman–Crippen MR) is 71.7 cm³/mol. The van der Waals surface area contributed by atoms with Gasteiger partial charge in [-0.2, -0.15) is 0 Å². The van der Waals surface area contributed by atoms with Gasteiger partial charge in [-0.25, -0.2) is 8.42 Å². The van der Waals surface area contributed by atoms with Crippen LogP contribution in [0.25, 0.3) is 0 Å². The second-order valence-corrected chi connectivity index (χ2v) is 6.33. The smallest absolute Gasteiger partial charge is 0.244 e. The molecule has 0 bridgehead atoms. The fraction of sp³-hybridized carbons (Fsp3) is 0.300. The first-order valence-corrected chi connectivity index (χ1v) is 6.74. The first-order valence-electron chi connectivity index (χ1n) is 4.83. The van der Waals surface area contributed by atoms with Crippen molar-refractivity contribution >= 4 is 32.9 Å². The second-order valence-electron chi connectivity index (χ2n) is 3.58. The normalized spacial score (nSPS) is 13.1. The summed E-state index contributed by atoms with van der Waals surface area (Å²) in [4.78, 5) is -0.0861. The van der Waals surface area contributed by atoms with Crippen LogP contribution in [0.2, 0.25) is 0 Å². The molecule has 1 unspecified atom stereocenters. The number of phenolic OH excluding ortho intramolecular Hbond substituents is 1. The van der Waals surface area contributed by atoms with Crippen LogP contribution < -0.4 is 10.0 Å². The van der Waals surface area contributed by atoms with Crippen LogP contribution in [0.4, 0.5) is 5.69 Å². The van der Waals surface area contributed by atoms with Crippen molar-refractivity contribution in [1.82, 2.24) is 0 Å². The third-order valence-corrected chi connectivity index (χ3v) is 5.05. The van der Waals surface area contributed by atoms with Crippen LogP contribution in [0, 0.1) is 0 Å². The Bertz CT molecular complexity index is 528. The summed E-state index contributed by atoms with van der Waals surface area (Å²) in [6.07, 6.45) is 0. The van der Waals surface area contributed by atoms with Gasteiger partial charge < -0.3 is 10.8 Å². The lowest BCUT2D eigenvalue weighted by atomic mass is 10.3. The quantitative estimate of drug-likeness (QED) is 0.795. The molecule has 0 aliphatic rings. The lowest BCUT2D eigenvalue weighted by Gasteiger charge is -2.23. The zero-order valence-corrected chi connectivity index (χ0v) is 11.1. The predicted octanol–water partition coefficient (Wildman–Crippen LogP) is 0.833. The summed E-state index contributed by atoms with van der Waals surface area (Å²) in [5.41, 5.74) is 5.70. The number of nitrogens with zero attached hydrogens (tertiary/aromatic N) is 1. The lowest BCUT2D eigenvalue weighted by Crippen LogP contribution is -2.41. The Labute approximate surface area is 106 Å². The van der Waals surface area contributed by atoms with E-state index < -0.39 is 15.3 Å². The summed E-state index contributed by atoms with van der Waals surface area (Å²) < 4.78 is 25.2. The van der Waals surface area contributed by atoms with Crippen molar-refractivity contribution in [2.24, 2.45) is 5.73 Å². The van der Waals surface area contributed by atoms with Crippen molar-refractivity contribution in [2.45, 2.75) is 12.2 Å². The van der Waals surface area contributed by atoms with Gasteiger partial charge in [-0.3, -0.25) is 4.31 Å². The molecule has 94 valence electrons. The highest BCUT2D eigenvalue weighted by atomic mass is 32.2. The van der Waals surface area contributed by atoms with E-state index in [0.717, 1.165) is 4.31 Å². The average molecular weight is 274 g/mol. The number of anilines is 1. The molecular weight excluding hydrogens is 260 g/mol. The van der Waals surface area contributed by atoms with E-state index in [1.165, 1.54) is 26.1 Å². The molecule has 0 aliphatic heterocycles. The van der Waals surface area contributed by atoms with Gasteiger partial charge in [0.2, 0.25) is 10.0 Å². The van der Waals surface area contributed by atoms with Gasteiger partial charge in [0.25, 0.3) is 0 Å². The van der Waals surface area contributed by atoms with E-state index in [1.54, 1.807) is 12.1 Å². The molecule has 0 amide bonds. The molecule has 0 fully saturated rings. The van der Waals surface area contributed by atoms with Gasteiger partial charge in [0, 0.05) is 13.1 Å². The van der Waals surface area contributed by atoms with Crippen LogP contribution in [0.3, 0.4) is 0 Å². The number of benzene rings is 1. The Balaban J connectivity index is 3.13. The van der Waals surface area contributed by atoms with Crippen molar-refractivity contribution in [1.29, 1.82) is 0 Å². The highest BCUT2D eigenvalue weighted by Gasteiger charge is 2.28. The highest BCUT2D eigenvalue weighted by molar-refractivity contribution is 7.95. The molecule has 0 saturated carbocycles. The van der Waals surface area contributed by atoms with Gasteiger partial charge in [0.15, 0.2) is 0 Å². The number of hydrogen-bond donors (Lipinski definition) is 2. The number of hydrogen-bond acceptors (Lipinski definition) is 4. The molecule has 0 aromatic heterocycles. The third kappa shape index (κ3) is 2.86. The van der Waals surface area contributed by atoms with Crippen LogP contribution in [0.1, 0.15) is 6.92 Å². The number of thiocarbonyl (C=S) groups is 1. The Morgan fingerprint density at radius 2 is 2.12 bits per heavy atom. The monoisotopic (exact) mass is 274 g/mol. The zero-order chi connectivity index (χ0) is 13.2. The van der Waals surface area contributed by atoms with E-state index >= 15 is 0 Å². The van der Waals surface area contributed by atoms with E-state index in [4.69, 9.17) is 5.73 Å². The minimum absolute atomic E-state index is 0.00692. The number of rotatable bonds is 4. The molecule has 0 heterocycles. The van der Waals surface area contributed by atoms with Crippen molar-refractivity contribution < 1.29 is 13.5 Å². The SMILES string of the molecule is CC(C(N)=S)S(=O)(=O)N(C)c1cccc(O)c1. The lowest BCUT2D eigenvalue weighted by molar-refractivity contribution is 0.475. The molecule has 0 spiro atoms. The first kappa shape index (κ1) is 13.7. The van der Waals surface area contributed by atoms with Crippen molar-refractivity contribution in [3.63, 3.8) is 0 Å². The van der Waals surface area contributed by atoms with Gasteiger partial charge in [0.1, 0.15) is 11.0 Å². The van der Waals surface area contributed by atoms with Gasteiger partial charge in [-0.1, -0.05) is 18.3 Å². The molecule has 5 nitrogen and oxygen atoms in total. The molecule has 3 N–H and O–H groups in total. The van der Waals surface area contributed by atoms with E-state index in [1.807, 2.05) is 0 Å². The molecule has 0 aliphatic carbocycles. The van der Waals surface area contributed by atoms with E-state index in [0.29, 0.717) is 5.69 Å². The molecule has 17 heavy (non-hydrogen) atoms. The summed E-state index contributed by atoms with van der Waals surface area (Å²) in [7, 11) is -2.26. The molecule has 0 saturated heterocycles. The molecule has 1 atom stereocenters. The fourth-order valence-electron chi connectivity index (χ4n) is 1.22. The van der Waals surface area contributed by atoms with Crippen LogP contribution in [-0.4, -0.2) is 30.8 Å². The van der Waals surface area contributed by atoms with Crippen LogP contribution in [0.15, 0.2) is 24.3 Å². The average Bonchev–Trinajstić information content (AvgIpc) is 2.26. The topological polar surface area (TPSA) is 83.6 Å². The molecular formula is C10H14N2O3S2. The van der Waals surface area contributed by atoms with E-state index in [9.17, 15) is 13.5 Å². The summed E-state index contributed by atoms with van der Waals surface area (Å²) in [6, 6.07) is 5.94. The van der Waals surface area contributed by atoms with Crippen LogP contribution >= 0.6 is 12.2 Å². The molecule has 1 rings (SSSR count). The Hall–Kier alpha value is -1.34. The molecule has 1 aromatic rings. The number of aromatic hydroxyl groups is 1. The largest absolute Gasteiger partial charge is 0.508 e. The third-order valence-electron chi connectivity index (χ3n) is 2.42. The maximum atomic E-state index is 12.1. The minimum atomic E-state index is -3.65. The maximum Gasteiger partial charge on any atom is 0.244 e. The highest BCUT2D eigenvalue weighted by Crippen LogP contribution is 2.22. The van der Waals surface area contributed by atoms with Crippen molar-refractivity contribution in [2.75, 3.05) is 11.4 Å². The van der Waals surface area contributed by atoms with Gasteiger partial charge in [-0.15, -0.1) is 0 Å². The molecule has 1 aromatic carbocycles. The zero-order valence-electron chi connectivity index (χ0n) is 9.49. The molecule has 7 heteroatoms.